The van der Waals surface area contributed by atoms with Gasteiger partial charge in [-0.3, -0.25) is 4.79 Å². The zero-order valence-electron chi connectivity index (χ0n) is 18.1. The number of ether oxygens (including phenoxy) is 5. The van der Waals surface area contributed by atoms with Crippen LogP contribution in [0.25, 0.3) is 6.08 Å². The van der Waals surface area contributed by atoms with Crippen LogP contribution in [0.4, 0.5) is 0 Å². The molecule has 7 heteroatoms. The molecule has 0 saturated heterocycles. The van der Waals surface area contributed by atoms with Gasteiger partial charge in [-0.1, -0.05) is 28.1 Å². The number of halogens is 1. The van der Waals surface area contributed by atoms with Crippen LogP contribution in [0.3, 0.4) is 0 Å². The van der Waals surface area contributed by atoms with Gasteiger partial charge in [-0.2, -0.15) is 0 Å². The summed E-state index contributed by atoms with van der Waals surface area (Å²) in [6, 6.07) is 15.1. The number of Topliss-reactive ketones (excluding diaryl/α,β-unsaturated/α-hetero) is 1. The van der Waals surface area contributed by atoms with Crippen molar-refractivity contribution < 1.29 is 28.5 Å². The molecule has 0 radical (unpaired) electrons. The number of carbonyl (C=O) groups is 1. The molecule has 33 heavy (non-hydrogen) atoms. The predicted molar refractivity (Wildman–Crippen MR) is 126 cm³/mol. The first-order valence-electron chi connectivity index (χ1n) is 10.4. The van der Waals surface area contributed by atoms with Crippen molar-refractivity contribution in [1.29, 1.82) is 0 Å². The van der Waals surface area contributed by atoms with Gasteiger partial charge in [0, 0.05) is 21.2 Å². The third-order valence-electron chi connectivity index (χ3n) is 5.56. The Morgan fingerprint density at radius 1 is 1.12 bits per heavy atom. The van der Waals surface area contributed by atoms with Crippen LogP contribution in [-0.2, 0) is 18.0 Å². The van der Waals surface area contributed by atoms with Gasteiger partial charge in [0.1, 0.15) is 29.6 Å². The van der Waals surface area contributed by atoms with E-state index in [1.165, 1.54) is 0 Å². The van der Waals surface area contributed by atoms with E-state index in [4.69, 9.17) is 23.7 Å². The van der Waals surface area contributed by atoms with Crippen molar-refractivity contribution in [3.05, 3.63) is 86.6 Å². The number of hydrogen-bond acceptors (Lipinski definition) is 6. The standard InChI is InChI=1S/C26H21BrO6/c1-15-22(31-12-16-4-3-5-20(8-16)29-2)7-6-21-24(28)23(33-25(15)21)11-17-9-19(27)10-18-13-30-14-32-26(17)18/h3-11H,12-14H2,1-2H3/b23-11-. The van der Waals surface area contributed by atoms with Crippen molar-refractivity contribution in [3.63, 3.8) is 0 Å². The molecule has 0 N–H and O–H groups in total. The molecule has 2 heterocycles. The summed E-state index contributed by atoms with van der Waals surface area (Å²) in [4.78, 5) is 13.0. The van der Waals surface area contributed by atoms with E-state index in [1.54, 1.807) is 25.3 Å². The van der Waals surface area contributed by atoms with Crippen LogP contribution >= 0.6 is 15.9 Å². The fourth-order valence-corrected chi connectivity index (χ4v) is 4.43. The van der Waals surface area contributed by atoms with Gasteiger partial charge < -0.3 is 23.7 Å². The zero-order valence-corrected chi connectivity index (χ0v) is 19.7. The molecule has 0 aliphatic carbocycles. The average Bonchev–Trinajstić information content (AvgIpc) is 3.14. The largest absolute Gasteiger partial charge is 0.497 e. The molecule has 0 aromatic heterocycles. The molecule has 2 aliphatic rings. The second-order valence-electron chi connectivity index (χ2n) is 7.74. The van der Waals surface area contributed by atoms with Gasteiger partial charge in [-0.15, -0.1) is 0 Å². The lowest BCUT2D eigenvalue weighted by molar-refractivity contribution is -0.0165. The highest BCUT2D eigenvalue weighted by molar-refractivity contribution is 9.10. The van der Waals surface area contributed by atoms with Crippen molar-refractivity contribution in [3.8, 4) is 23.0 Å². The van der Waals surface area contributed by atoms with E-state index < -0.39 is 0 Å². The minimum atomic E-state index is -0.173. The first-order chi connectivity index (χ1) is 16.0. The maximum absolute atomic E-state index is 13.0. The van der Waals surface area contributed by atoms with Crippen molar-refractivity contribution in [2.24, 2.45) is 0 Å². The highest BCUT2D eigenvalue weighted by Crippen LogP contribution is 2.41. The lowest BCUT2D eigenvalue weighted by atomic mass is 10.0. The summed E-state index contributed by atoms with van der Waals surface area (Å²) in [5, 5.41) is 0. The number of allylic oxidation sites excluding steroid dienone is 1. The second kappa shape index (κ2) is 8.92. The van der Waals surface area contributed by atoms with E-state index in [0.29, 0.717) is 36.0 Å². The fraction of sp³-hybridized carbons (Fsp3) is 0.192. The second-order valence-corrected chi connectivity index (χ2v) is 8.65. The lowest BCUT2D eigenvalue weighted by Gasteiger charge is -2.20. The Hall–Kier alpha value is -3.29. The van der Waals surface area contributed by atoms with Gasteiger partial charge in [0.2, 0.25) is 5.78 Å². The quantitative estimate of drug-likeness (QED) is 0.404. The van der Waals surface area contributed by atoms with Crippen molar-refractivity contribution in [2.45, 2.75) is 20.1 Å². The van der Waals surface area contributed by atoms with Crippen molar-refractivity contribution in [2.75, 3.05) is 13.9 Å². The third-order valence-corrected chi connectivity index (χ3v) is 6.01. The minimum absolute atomic E-state index is 0.173. The van der Waals surface area contributed by atoms with Gasteiger partial charge in [0.15, 0.2) is 12.6 Å². The van der Waals surface area contributed by atoms with Gasteiger partial charge in [0.05, 0.1) is 19.3 Å². The maximum atomic E-state index is 13.0. The Morgan fingerprint density at radius 3 is 2.85 bits per heavy atom. The number of fused-ring (bicyclic) bond motifs is 2. The normalized spacial score (nSPS) is 15.5. The maximum Gasteiger partial charge on any atom is 0.231 e. The summed E-state index contributed by atoms with van der Waals surface area (Å²) < 4.78 is 29.2. The van der Waals surface area contributed by atoms with Gasteiger partial charge in [-0.25, -0.2) is 0 Å². The number of carbonyl (C=O) groups excluding carboxylic acids is 1. The molecule has 3 aromatic rings. The first kappa shape index (κ1) is 21.6. The molecule has 168 valence electrons. The molecule has 0 fully saturated rings. The van der Waals surface area contributed by atoms with Crippen LogP contribution in [0.15, 0.2) is 58.8 Å². The Bertz CT molecular complexity index is 1280. The van der Waals surface area contributed by atoms with Gasteiger partial charge in [0.25, 0.3) is 0 Å². The number of ketones is 1. The molecule has 0 spiro atoms. The smallest absolute Gasteiger partial charge is 0.231 e. The van der Waals surface area contributed by atoms with Crippen LogP contribution in [0.1, 0.15) is 32.6 Å². The Labute approximate surface area is 199 Å². The molecule has 2 aliphatic heterocycles. The monoisotopic (exact) mass is 508 g/mol. The van der Waals surface area contributed by atoms with Crippen LogP contribution in [0, 0.1) is 6.92 Å². The van der Waals surface area contributed by atoms with Gasteiger partial charge >= 0.3 is 0 Å². The summed E-state index contributed by atoms with van der Waals surface area (Å²) in [5.41, 5.74) is 3.93. The number of methoxy groups -OCH3 is 1. The van der Waals surface area contributed by atoms with E-state index in [-0.39, 0.29) is 18.3 Å². The molecule has 6 nitrogen and oxygen atoms in total. The molecular weight excluding hydrogens is 488 g/mol. The Kier molecular flexibility index (Phi) is 5.83. The molecule has 0 bridgehead atoms. The summed E-state index contributed by atoms with van der Waals surface area (Å²) in [7, 11) is 1.63. The molecule has 0 saturated carbocycles. The van der Waals surface area contributed by atoms with Crippen LogP contribution in [-0.4, -0.2) is 19.7 Å². The van der Waals surface area contributed by atoms with Crippen LogP contribution in [0.5, 0.6) is 23.0 Å². The van der Waals surface area contributed by atoms with Crippen molar-refractivity contribution >= 4 is 27.8 Å². The van der Waals surface area contributed by atoms with Crippen LogP contribution < -0.4 is 18.9 Å². The number of hydrogen-bond donors (Lipinski definition) is 0. The van der Waals surface area contributed by atoms with Crippen molar-refractivity contribution in [1.82, 2.24) is 0 Å². The summed E-state index contributed by atoms with van der Waals surface area (Å²) >= 11 is 3.51. The third kappa shape index (κ3) is 4.21. The van der Waals surface area contributed by atoms with Crippen LogP contribution in [0.2, 0.25) is 0 Å². The zero-order chi connectivity index (χ0) is 22.9. The first-order valence-corrected chi connectivity index (χ1v) is 11.2. The Morgan fingerprint density at radius 2 is 2.00 bits per heavy atom. The van der Waals surface area contributed by atoms with Gasteiger partial charge in [-0.05, 0) is 55.0 Å². The highest BCUT2D eigenvalue weighted by atomic mass is 79.9. The number of rotatable bonds is 5. The van der Waals surface area contributed by atoms with E-state index in [9.17, 15) is 4.79 Å². The van der Waals surface area contributed by atoms with E-state index in [1.807, 2.05) is 43.3 Å². The summed E-state index contributed by atoms with van der Waals surface area (Å²) in [5.74, 6) is 2.72. The predicted octanol–water partition coefficient (Wildman–Crippen LogP) is 5.83. The number of benzene rings is 3. The average molecular weight is 509 g/mol. The minimum Gasteiger partial charge on any atom is -0.497 e. The summed E-state index contributed by atoms with van der Waals surface area (Å²) in [6.07, 6.45) is 1.72. The fourth-order valence-electron chi connectivity index (χ4n) is 3.90. The SMILES string of the molecule is COc1cccc(COc2ccc3c(c2C)O/C(=C\c2cc(Br)cc4c2OCOC4)C3=O)c1. The highest BCUT2D eigenvalue weighted by Gasteiger charge is 2.31. The molecule has 0 unspecified atom stereocenters. The molecular formula is C26H21BrO6. The van der Waals surface area contributed by atoms with E-state index in [0.717, 1.165) is 32.5 Å². The molecule has 0 amide bonds. The summed E-state index contributed by atoms with van der Waals surface area (Å²) in [6.45, 7) is 2.88. The van der Waals surface area contributed by atoms with E-state index >= 15 is 0 Å². The van der Waals surface area contributed by atoms with E-state index in [2.05, 4.69) is 15.9 Å². The topological polar surface area (TPSA) is 63.2 Å². The Balaban J connectivity index is 1.41. The molecule has 3 aromatic carbocycles. The molecule has 0 atom stereocenters. The molecule has 5 rings (SSSR count). The lowest BCUT2D eigenvalue weighted by Crippen LogP contribution is -2.12.